The van der Waals surface area contributed by atoms with Crippen molar-refractivity contribution in [3.63, 3.8) is 0 Å². The minimum atomic E-state index is -0.867. The molecule has 1 aromatic carbocycles. The van der Waals surface area contributed by atoms with Gasteiger partial charge < -0.3 is 14.4 Å². The Kier molecular flexibility index (Phi) is 6.32. The normalized spacial score (nSPS) is 20.5. The molecule has 0 bridgehead atoms. The maximum absolute atomic E-state index is 12.6. The first kappa shape index (κ1) is 21.0. The van der Waals surface area contributed by atoms with E-state index in [0.717, 1.165) is 0 Å². The van der Waals surface area contributed by atoms with E-state index in [9.17, 15) is 14.4 Å². The summed E-state index contributed by atoms with van der Waals surface area (Å²) in [7, 11) is 1.63. The van der Waals surface area contributed by atoms with Crippen LogP contribution in [0.2, 0.25) is 0 Å². The Morgan fingerprint density at radius 2 is 1.90 bits per heavy atom. The van der Waals surface area contributed by atoms with E-state index in [1.165, 1.54) is 4.57 Å². The second kappa shape index (κ2) is 8.73. The van der Waals surface area contributed by atoms with E-state index in [1.54, 1.807) is 37.1 Å². The van der Waals surface area contributed by atoms with Crippen molar-refractivity contribution in [3.8, 4) is 0 Å². The number of amides is 1. The molecule has 1 aliphatic rings. The van der Waals surface area contributed by atoms with E-state index in [-0.39, 0.29) is 36.5 Å². The minimum Gasteiger partial charge on any atom is -0.453 e. The van der Waals surface area contributed by atoms with Crippen molar-refractivity contribution in [1.29, 1.82) is 0 Å². The fourth-order valence-corrected chi connectivity index (χ4v) is 3.62. The summed E-state index contributed by atoms with van der Waals surface area (Å²) >= 11 is 0. The average Bonchev–Trinajstić information content (AvgIpc) is 2.68. The second-order valence-corrected chi connectivity index (χ2v) is 7.54. The predicted molar refractivity (Wildman–Crippen MR) is 107 cm³/mol. The van der Waals surface area contributed by atoms with E-state index >= 15 is 0 Å². The van der Waals surface area contributed by atoms with Gasteiger partial charge in [0.1, 0.15) is 5.82 Å². The van der Waals surface area contributed by atoms with Crippen molar-refractivity contribution >= 4 is 22.8 Å². The lowest BCUT2D eigenvalue weighted by molar-refractivity contribution is -0.164. The lowest BCUT2D eigenvalue weighted by Gasteiger charge is -2.36. The number of carbonyl (C=O) groups excluding carboxylic acids is 2. The van der Waals surface area contributed by atoms with Gasteiger partial charge in [-0.2, -0.15) is 0 Å². The molecule has 0 radical (unpaired) electrons. The Morgan fingerprint density at radius 3 is 2.59 bits per heavy atom. The average molecular weight is 401 g/mol. The number of aryl methyl sites for hydroxylation is 1. The van der Waals surface area contributed by atoms with Gasteiger partial charge in [-0.25, -0.2) is 4.98 Å². The minimum absolute atomic E-state index is 0.0339. The van der Waals surface area contributed by atoms with Crippen LogP contribution in [-0.4, -0.2) is 57.7 Å². The quantitative estimate of drug-likeness (QED) is 0.704. The maximum Gasteiger partial charge on any atom is 0.307 e. The monoisotopic (exact) mass is 401 g/mol. The first-order valence-electron chi connectivity index (χ1n) is 9.84. The zero-order valence-electron chi connectivity index (χ0n) is 17.3. The van der Waals surface area contributed by atoms with Gasteiger partial charge >= 0.3 is 5.97 Å². The molecule has 156 valence electrons. The predicted octanol–water partition coefficient (Wildman–Crippen LogP) is 1.43. The summed E-state index contributed by atoms with van der Waals surface area (Å²) in [5.74, 6) is -0.223. The molecule has 3 unspecified atom stereocenters. The number of nitrogens with zero attached hydrogens (tertiary/aromatic N) is 3. The van der Waals surface area contributed by atoms with Crippen LogP contribution in [0.15, 0.2) is 29.1 Å². The number of aromatic nitrogens is 2. The van der Waals surface area contributed by atoms with Gasteiger partial charge in [0.05, 0.1) is 29.5 Å². The first-order chi connectivity index (χ1) is 13.8. The third kappa shape index (κ3) is 4.82. The molecule has 1 aromatic heterocycles. The summed E-state index contributed by atoms with van der Waals surface area (Å²) in [6.07, 6.45) is -0.682. The largest absolute Gasteiger partial charge is 0.453 e. The van der Waals surface area contributed by atoms with Crippen LogP contribution in [-0.2, 0) is 32.5 Å². The molecule has 8 heteroatoms. The summed E-state index contributed by atoms with van der Waals surface area (Å²) in [5.41, 5.74) is 0.441. The molecule has 3 atom stereocenters. The SMILES string of the molecule is CC1CN(C(=O)C(C)OC(=O)CCc2nc3ccccc3c(=O)n2C)CC(C)O1. The fraction of sp³-hybridized carbons (Fsp3) is 0.524. The lowest BCUT2D eigenvalue weighted by Crippen LogP contribution is -2.51. The number of morpholine rings is 1. The summed E-state index contributed by atoms with van der Waals surface area (Å²) in [4.78, 5) is 43.4. The van der Waals surface area contributed by atoms with Crippen molar-refractivity contribution in [1.82, 2.24) is 14.5 Å². The maximum atomic E-state index is 12.6. The van der Waals surface area contributed by atoms with Gasteiger partial charge in [-0.3, -0.25) is 19.0 Å². The second-order valence-electron chi connectivity index (χ2n) is 7.54. The molecule has 1 aliphatic heterocycles. The summed E-state index contributed by atoms with van der Waals surface area (Å²) in [6, 6.07) is 7.09. The molecule has 0 aliphatic carbocycles. The third-order valence-corrected chi connectivity index (χ3v) is 5.02. The number of fused-ring (bicyclic) bond motifs is 1. The van der Waals surface area contributed by atoms with E-state index < -0.39 is 12.1 Å². The summed E-state index contributed by atoms with van der Waals surface area (Å²) < 4.78 is 12.4. The first-order valence-corrected chi connectivity index (χ1v) is 9.84. The topological polar surface area (TPSA) is 90.7 Å². The molecule has 1 saturated heterocycles. The van der Waals surface area contributed by atoms with Gasteiger partial charge in [0.2, 0.25) is 0 Å². The van der Waals surface area contributed by atoms with Crippen LogP contribution in [0.1, 0.15) is 33.0 Å². The van der Waals surface area contributed by atoms with Crippen molar-refractivity contribution in [2.75, 3.05) is 13.1 Å². The van der Waals surface area contributed by atoms with E-state index in [0.29, 0.717) is 29.8 Å². The van der Waals surface area contributed by atoms with Crippen LogP contribution < -0.4 is 5.56 Å². The molecule has 1 amide bonds. The molecule has 0 N–H and O–H groups in total. The number of benzene rings is 1. The smallest absolute Gasteiger partial charge is 0.307 e. The molecule has 2 aromatic rings. The van der Waals surface area contributed by atoms with Crippen LogP contribution >= 0.6 is 0 Å². The van der Waals surface area contributed by atoms with Crippen LogP contribution in [0.25, 0.3) is 10.9 Å². The van der Waals surface area contributed by atoms with Crippen LogP contribution in [0.5, 0.6) is 0 Å². The van der Waals surface area contributed by atoms with Gasteiger partial charge in [0.15, 0.2) is 6.10 Å². The molecule has 3 rings (SSSR count). The van der Waals surface area contributed by atoms with Crippen molar-refractivity contribution in [2.45, 2.75) is 51.9 Å². The standard InChI is InChI=1S/C21H27N3O5/c1-13-11-24(12-14(2)28-13)20(26)15(3)29-19(25)10-9-18-22-17-8-6-5-7-16(17)21(27)23(18)4/h5-8,13-15H,9-12H2,1-4H3. The van der Waals surface area contributed by atoms with Crippen LogP contribution in [0.4, 0.5) is 0 Å². The van der Waals surface area contributed by atoms with E-state index in [4.69, 9.17) is 9.47 Å². The Bertz CT molecular complexity index is 960. The molecule has 8 nitrogen and oxygen atoms in total. The summed E-state index contributed by atoms with van der Waals surface area (Å²) in [5, 5.41) is 0.537. The summed E-state index contributed by atoms with van der Waals surface area (Å²) in [6.45, 7) is 6.36. The molecule has 0 spiro atoms. The number of ether oxygens (including phenoxy) is 2. The van der Waals surface area contributed by atoms with Gasteiger partial charge in [-0.1, -0.05) is 12.1 Å². The Balaban J connectivity index is 1.60. The molecular formula is C21H27N3O5. The zero-order chi connectivity index (χ0) is 21.1. The molecule has 2 heterocycles. The van der Waals surface area contributed by atoms with Gasteiger partial charge in [0, 0.05) is 26.6 Å². The number of carbonyl (C=O) groups is 2. The Hall–Kier alpha value is -2.74. The van der Waals surface area contributed by atoms with Gasteiger partial charge in [-0.05, 0) is 32.9 Å². The Labute approximate surface area is 169 Å². The highest BCUT2D eigenvalue weighted by molar-refractivity contribution is 5.83. The molecule has 1 fully saturated rings. The van der Waals surface area contributed by atoms with Gasteiger partial charge in [0.25, 0.3) is 11.5 Å². The number of hydrogen-bond donors (Lipinski definition) is 0. The number of esters is 1. The zero-order valence-corrected chi connectivity index (χ0v) is 17.3. The van der Waals surface area contributed by atoms with E-state index in [2.05, 4.69) is 4.98 Å². The van der Waals surface area contributed by atoms with E-state index in [1.807, 2.05) is 19.9 Å². The van der Waals surface area contributed by atoms with Crippen molar-refractivity contribution in [3.05, 3.63) is 40.4 Å². The fourth-order valence-electron chi connectivity index (χ4n) is 3.62. The van der Waals surface area contributed by atoms with Gasteiger partial charge in [-0.15, -0.1) is 0 Å². The van der Waals surface area contributed by atoms with Crippen LogP contribution in [0, 0.1) is 0 Å². The highest BCUT2D eigenvalue weighted by Gasteiger charge is 2.30. The van der Waals surface area contributed by atoms with Crippen molar-refractivity contribution in [2.24, 2.45) is 7.05 Å². The lowest BCUT2D eigenvalue weighted by atomic mass is 10.2. The number of hydrogen-bond acceptors (Lipinski definition) is 6. The highest BCUT2D eigenvalue weighted by Crippen LogP contribution is 2.14. The third-order valence-electron chi connectivity index (χ3n) is 5.02. The molecule has 29 heavy (non-hydrogen) atoms. The number of rotatable bonds is 5. The Morgan fingerprint density at radius 1 is 1.24 bits per heavy atom. The van der Waals surface area contributed by atoms with Crippen molar-refractivity contribution < 1.29 is 19.1 Å². The number of para-hydroxylation sites is 1. The molecule has 0 saturated carbocycles. The highest BCUT2D eigenvalue weighted by atomic mass is 16.5. The van der Waals surface area contributed by atoms with Crippen LogP contribution in [0.3, 0.4) is 0 Å². The molecular weight excluding hydrogens is 374 g/mol.